The van der Waals surface area contributed by atoms with E-state index in [9.17, 15) is 9.59 Å². The van der Waals surface area contributed by atoms with Crippen LogP contribution in [0, 0.1) is 5.92 Å². The Labute approximate surface area is 165 Å². The molecule has 0 radical (unpaired) electrons. The number of nitrogens with one attached hydrogen (secondary N) is 1. The lowest BCUT2D eigenvalue weighted by molar-refractivity contribution is -0.209. The molecular formula is C17H18Cl2N2O6. The lowest BCUT2D eigenvalue weighted by atomic mass is 10.00. The maximum Gasteiger partial charge on any atom is 0.321 e. The third-order valence-electron chi connectivity index (χ3n) is 4.48. The molecule has 8 nitrogen and oxygen atoms in total. The standard InChI is InChI=1S/C17H18Cl2N2O6/c1-24-15(22)12-7-26-8-14(12)20-16(23)17(25-2)6-13(21-27-17)9-3-10(18)5-11(19)4-9/h3-5,12,14H,6-8H2,1-2H3,(H,20,23). The Balaban J connectivity index is 1.73. The van der Waals surface area contributed by atoms with Gasteiger partial charge in [0.05, 0.1) is 38.5 Å². The van der Waals surface area contributed by atoms with Crippen molar-refractivity contribution in [2.45, 2.75) is 18.2 Å². The van der Waals surface area contributed by atoms with E-state index in [0.29, 0.717) is 21.3 Å². The van der Waals surface area contributed by atoms with Gasteiger partial charge in [0, 0.05) is 22.7 Å². The Morgan fingerprint density at radius 1 is 1.22 bits per heavy atom. The van der Waals surface area contributed by atoms with Crippen molar-refractivity contribution in [3.63, 3.8) is 0 Å². The number of methoxy groups -OCH3 is 2. The van der Waals surface area contributed by atoms with E-state index in [1.807, 2.05) is 0 Å². The van der Waals surface area contributed by atoms with E-state index in [1.54, 1.807) is 18.2 Å². The molecular weight excluding hydrogens is 399 g/mol. The van der Waals surface area contributed by atoms with Crippen LogP contribution in [0.15, 0.2) is 23.4 Å². The number of rotatable bonds is 5. The molecule has 1 aromatic carbocycles. The van der Waals surface area contributed by atoms with Crippen LogP contribution in [0.1, 0.15) is 12.0 Å². The second-order valence-corrected chi connectivity index (χ2v) is 7.04. The van der Waals surface area contributed by atoms with E-state index in [1.165, 1.54) is 14.2 Å². The predicted octanol–water partition coefficient (Wildman–Crippen LogP) is 1.76. The third-order valence-corrected chi connectivity index (χ3v) is 4.91. The predicted molar refractivity (Wildman–Crippen MR) is 96.7 cm³/mol. The summed E-state index contributed by atoms with van der Waals surface area (Å²) in [4.78, 5) is 30.0. The van der Waals surface area contributed by atoms with Crippen LogP contribution in [0.2, 0.25) is 10.0 Å². The van der Waals surface area contributed by atoms with E-state index in [-0.39, 0.29) is 19.6 Å². The fourth-order valence-electron chi connectivity index (χ4n) is 2.97. The van der Waals surface area contributed by atoms with Crippen LogP contribution in [0.5, 0.6) is 0 Å². The fraction of sp³-hybridized carbons (Fsp3) is 0.471. The van der Waals surface area contributed by atoms with Gasteiger partial charge in [0.1, 0.15) is 5.92 Å². The summed E-state index contributed by atoms with van der Waals surface area (Å²) in [7, 11) is 2.62. The number of oxime groups is 1. The molecule has 10 heteroatoms. The van der Waals surface area contributed by atoms with Crippen LogP contribution < -0.4 is 5.32 Å². The summed E-state index contributed by atoms with van der Waals surface area (Å²) in [6.07, 6.45) is 0.0441. The summed E-state index contributed by atoms with van der Waals surface area (Å²) in [5.41, 5.74) is 1.08. The maximum atomic E-state index is 12.8. The topological polar surface area (TPSA) is 95.5 Å². The lowest BCUT2D eigenvalue weighted by Crippen LogP contribution is -2.54. The summed E-state index contributed by atoms with van der Waals surface area (Å²) in [6, 6.07) is 4.37. The molecule has 0 saturated carbocycles. The van der Waals surface area contributed by atoms with Gasteiger partial charge in [-0.15, -0.1) is 0 Å². The number of ether oxygens (including phenoxy) is 3. The van der Waals surface area contributed by atoms with Gasteiger partial charge in [0.2, 0.25) is 0 Å². The summed E-state index contributed by atoms with van der Waals surface area (Å²) in [5.74, 6) is -3.28. The van der Waals surface area contributed by atoms with Crippen LogP contribution in [0.3, 0.4) is 0 Å². The van der Waals surface area contributed by atoms with E-state index in [2.05, 4.69) is 10.5 Å². The first-order chi connectivity index (χ1) is 12.9. The highest BCUT2D eigenvalue weighted by molar-refractivity contribution is 6.35. The molecule has 3 unspecified atom stereocenters. The van der Waals surface area contributed by atoms with Crippen molar-refractivity contribution in [1.29, 1.82) is 0 Å². The van der Waals surface area contributed by atoms with Crippen LogP contribution in [-0.2, 0) is 28.6 Å². The molecule has 27 heavy (non-hydrogen) atoms. The number of benzene rings is 1. The Morgan fingerprint density at radius 2 is 1.93 bits per heavy atom. The van der Waals surface area contributed by atoms with Crippen LogP contribution in [0.25, 0.3) is 0 Å². The number of amides is 1. The quantitative estimate of drug-likeness (QED) is 0.734. The van der Waals surface area contributed by atoms with Crippen molar-refractivity contribution in [3.8, 4) is 0 Å². The second-order valence-electron chi connectivity index (χ2n) is 6.17. The first kappa shape index (κ1) is 19.9. The summed E-state index contributed by atoms with van der Waals surface area (Å²) < 4.78 is 15.4. The molecule has 1 amide bonds. The molecule has 3 rings (SSSR count). The average molecular weight is 417 g/mol. The SMILES string of the molecule is COC(=O)C1COCC1NC(=O)C1(OC)CC(c2cc(Cl)cc(Cl)c2)=NO1. The molecule has 146 valence electrons. The maximum absolute atomic E-state index is 12.8. The van der Waals surface area contributed by atoms with E-state index in [4.69, 9.17) is 42.3 Å². The molecule has 0 aromatic heterocycles. The van der Waals surface area contributed by atoms with Gasteiger partial charge in [0.25, 0.3) is 5.91 Å². The van der Waals surface area contributed by atoms with Crippen molar-refractivity contribution >= 4 is 40.8 Å². The number of esters is 1. The molecule has 2 heterocycles. The number of hydrogen-bond donors (Lipinski definition) is 1. The van der Waals surface area contributed by atoms with Gasteiger partial charge in [-0.25, -0.2) is 0 Å². The Hall–Kier alpha value is -1.87. The van der Waals surface area contributed by atoms with Crippen molar-refractivity contribution in [2.75, 3.05) is 27.4 Å². The van der Waals surface area contributed by atoms with Crippen molar-refractivity contribution in [3.05, 3.63) is 33.8 Å². The summed E-state index contributed by atoms with van der Waals surface area (Å²) in [5, 5.41) is 7.57. The number of nitrogens with zero attached hydrogens (tertiary/aromatic N) is 1. The highest BCUT2D eigenvalue weighted by Crippen LogP contribution is 2.31. The molecule has 1 saturated heterocycles. The van der Waals surface area contributed by atoms with E-state index >= 15 is 0 Å². The molecule has 3 atom stereocenters. The molecule has 0 spiro atoms. The average Bonchev–Trinajstić information content (AvgIpc) is 3.28. The first-order valence-electron chi connectivity index (χ1n) is 8.11. The molecule has 1 N–H and O–H groups in total. The van der Waals surface area contributed by atoms with Crippen LogP contribution in [-0.4, -0.2) is 56.9 Å². The smallest absolute Gasteiger partial charge is 0.321 e. The second kappa shape index (κ2) is 8.02. The number of halogens is 2. The van der Waals surface area contributed by atoms with Gasteiger partial charge in [-0.05, 0) is 18.2 Å². The first-order valence-corrected chi connectivity index (χ1v) is 8.87. The lowest BCUT2D eigenvalue weighted by Gasteiger charge is -2.26. The minimum Gasteiger partial charge on any atom is -0.469 e. The van der Waals surface area contributed by atoms with E-state index in [0.717, 1.165) is 0 Å². The Kier molecular flexibility index (Phi) is 5.90. The van der Waals surface area contributed by atoms with Crippen molar-refractivity contribution < 1.29 is 28.6 Å². The minimum atomic E-state index is -1.66. The largest absolute Gasteiger partial charge is 0.469 e. The van der Waals surface area contributed by atoms with Gasteiger partial charge in [0.15, 0.2) is 0 Å². The van der Waals surface area contributed by atoms with Gasteiger partial charge in [-0.1, -0.05) is 28.4 Å². The van der Waals surface area contributed by atoms with Crippen molar-refractivity contribution in [2.24, 2.45) is 11.1 Å². The van der Waals surface area contributed by atoms with Crippen LogP contribution >= 0.6 is 23.2 Å². The Bertz CT molecular complexity index is 766. The molecule has 2 aliphatic rings. The van der Waals surface area contributed by atoms with E-state index < -0.39 is 29.6 Å². The third kappa shape index (κ3) is 4.03. The van der Waals surface area contributed by atoms with Gasteiger partial charge < -0.3 is 24.4 Å². The van der Waals surface area contributed by atoms with Gasteiger partial charge in [-0.3, -0.25) is 9.59 Å². The van der Waals surface area contributed by atoms with Gasteiger partial charge >= 0.3 is 11.8 Å². The zero-order valence-corrected chi connectivity index (χ0v) is 16.2. The monoisotopic (exact) mass is 416 g/mol. The Morgan fingerprint density at radius 3 is 2.56 bits per heavy atom. The molecule has 2 aliphatic heterocycles. The zero-order valence-electron chi connectivity index (χ0n) is 14.7. The van der Waals surface area contributed by atoms with Gasteiger partial charge in [-0.2, -0.15) is 0 Å². The normalized spacial score (nSPS) is 27.0. The highest BCUT2D eigenvalue weighted by Gasteiger charge is 2.49. The summed E-state index contributed by atoms with van der Waals surface area (Å²) in [6.45, 7) is 0.351. The van der Waals surface area contributed by atoms with Crippen LogP contribution in [0.4, 0.5) is 0 Å². The molecule has 0 bridgehead atoms. The molecule has 0 aliphatic carbocycles. The molecule has 1 fully saturated rings. The number of hydrogen-bond acceptors (Lipinski definition) is 7. The van der Waals surface area contributed by atoms with Crippen molar-refractivity contribution in [1.82, 2.24) is 5.32 Å². The number of carbonyl (C=O) groups excluding carboxylic acids is 2. The fourth-order valence-corrected chi connectivity index (χ4v) is 3.50. The zero-order chi connectivity index (χ0) is 19.6. The molecule has 1 aromatic rings. The highest BCUT2D eigenvalue weighted by atomic mass is 35.5. The summed E-state index contributed by atoms with van der Waals surface area (Å²) >= 11 is 12.0. The number of carbonyl (C=O) groups is 2. The minimum absolute atomic E-state index is 0.0441.